The zero-order valence-corrected chi connectivity index (χ0v) is 10.5. The zero-order valence-electron chi connectivity index (χ0n) is 10.5. The Kier molecular flexibility index (Phi) is 3.65. The van der Waals surface area contributed by atoms with Crippen LogP contribution in [0.4, 0.5) is 4.79 Å². The highest BCUT2D eigenvalue weighted by Gasteiger charge is 2.40. The molecule has 1 heterocycles. The van der Waals surface area contributed by atoms with Gasteiger partial charge in [0.1, 0.15) is 12.9 Å². The Bertz CT molecular complexity index is 432. The van der Waals surface area contributed by atoms with Gasteiger partial charge in [0.05, 0.1) is 5.54 Å². The molecule has 1 fully saturated rings. The molecule has 0 saturated carbocycles. The molecule has 18 heavy (non-hydrogen) atoms. The number of ether oxygens (including phenoxy) is 1. The molecule has 0 N–H and O–H groups in total. The molecule has 0 unspecified atom stereocenters. The van der Waals surface area contributed by atoms with Crippen molar-refractivity contribution in [3.05, 3.63) is 35.9 Å². The normalized spacial score (nSPS) is 22.8. The predicted molar refractivity (Wildman–Crippen MR) is 67.0 cm³/mol. The lowest BCUT2D eigenvalue weighted by atomic mass is 10.0. The number of carbonyl (C=O) groups excluding carboxylic acids is 2. The average Bonchev–Trinajstić information content (AvgIpc) is 2.80. The van der Waals surface area contributed by atoms with Crippen LogP contribution in [-0.2, 0) is 16.1 Å². The molecule has 2 rings (SSSR count). The molecule has 1 amide bonds. The number of hydrogen-bond acceptors (Lipinski definition) is 3. The van der Waals surface area contributed by atoms with E-state index < -0.39 is 11.6 Å². The lowest BCUT2D eigenvalue weighted by Crippen LogP contribution is -2.46. The second kappa shape index (κ2) is 5.21. The van der Waals surface area contributed by atoms with Crippen LogP contribution < -0.4 is 0 Å². The molecule has 1 aliphatic rings. The Labute approximate surface area is 107 Å². The van der Waals surface area contributed by atoms with Crippen molar-refractivity contribution in [1.82, 2.24) is 4.90 Å². The topological polar surface area (TPSA) is 46.6 Å². The number of aldehydes is 1. The van der Waals surface area contributed by atoms with Gasteiger partial charge >= 0.3 is 6.09 Å². The van der Waals surface area contributed by atoms with Gasteiger partial charge in [0.25, 0.3) is 0 Å². The molecule has 0 aliphatic carbocycles. The van der Waals surface area contributed by atoms with E-state index in [2.05, 4.69) is 0 Å². The van der Waals surface area contributed by atoms with Gasteiger partial charge in [-0.1, -0.05) is 30.3 Å². The Morgan fingerprint density at radius 1 is 1.44 bits per heavy atom. The van der Waals surface area contributed by atoms with Crippen LogP contribution in [0.3, 0.4) is 0 Å². The van der Waals surface area contributed by atoms with Crippen molar-refractivity contribution >= 4 is 12.4 Å². The van der Waals surface area contributed by atoms with Crippen molar-refractivity contribution in [2.45, 2.75) is 31.9 Å². The summed E-state index contributed by atoms with van der Waals surface area (Å²) >= 11 is 0. The molecule has 0 bridgehead atoms. The van der Waals surface area contributed by atoms with Gasteiger partial charge in [0.15, 0.2) is 0 Å². The molecule has 1 atom stereocenters. The number of carbonyl (C=O) groups is 2. The first-order chi connectivity index (χ1) is 8.65. The van der Waals surface area contributed by atoms with Gasteiger partial charge in [0.2, 0.25) is 0 Å². The molecule has 0 aromatic heterocycles. The van der Waals surface area contributed by atoms with Crippen LogP contribution in [0, 0.1) is 0 Å². The van der Waals surface area contributed by atoms with E-state index in [1.54, 1.807) is 6.92 Å². The summed E-state index contributed by atoms with van der Waals surface area (Å²) in [6.45, 7) is 2.60. The second-order valence-corrected chi connectivity index (χ2v) is 4.77. The van der Waals surface area contributed by atoms with Crippen molar-refractivity contribution in [3.8, 4) is 0 Å². The maximum atomic E-state index is 11.9. The van der Waals surface area contributed by atoms with Crippen LogP contribution in [0.25, 0.3) is 0 Å². The Morgan fingerprint density at radius 3 is 2.83 bits per heavy atom. The van der Waals surface area contributed by atoms with E-state index in [0.717, 1.165) is 18.3 Å². The highest BCUT2D eigenvalue weighted by atomic mass is 16.6. The molecule has 1 saturated heterocycles. The minimum absolute atomic E-state index is 0.241. The molecule has 1 aromatic rings. The van der Waals surface area contributed by atoms with Gasteiger partial charge in [-0.05, 0) is 25.3 Å². The second-order valence-electron chi connectivity index (χ2n) is 4.77. The minimum atomic E-state index is -0.701. The van der Waals surface area contributed by atoms with E-state index in [1.807, 2.05) is 30.3 Å². The van der Waals surface area contributed by atoms with Crippen molar-refractivity contribution in [3.63, 3.8) is 0 Å². The maximum absolute atomic E-state index is 11.9. The quantitative estimate of drug-likeness (QED) is 0.770. The van der Waals surface area contributed by atoms with E-state index in [-0.39, 0.29) is 6.61 Å². The van der Waals surface area contributed by atoms with E-state index in [1.165, 1.54) is 4.90 Å². The SMILES string of the molecule is C[C@]1(C=O)CCCN1C(=O)OCc1ccccc1. The number of benzene rings is 1. The molecular formula is C14H17NO3. The van der Waals surface area contributed by atoms with Gasteiger partial charge in [-0.15, -0.1) is 0 Å². The fourth-order valence-corrected chi connectivity index (χ4v) is 2.21. The summed E-state index contributed by atoms with van der Waals surface area (Å²) in [5, 5.41) is 0. The lowest BCUT2D eigenvalue weighted by molar-refractivity contribution is -0.115. The van der Waals surface area contributed by atoms with Crippen LogP contribution in [-0.4, -0.2) is 29.4 Å². The monoisotopic (exact) mass is 247 g/mol. The summed E-state index contributed by atoms with van der Waals surface area (Å²) in [4.78, 5) is 24.5. The highest BCUT2D eigenvalue weighted by Crippen LogP contribution is 2.27. The van der Waals surface area contributed by atoms with Gasteiger partial charge in [-0.25, -0.2) is 4.79 Å². The van der Waals surface area contributed by atoms with Crippen molar-refractivity contribution in [2.75, 3.05) is 6.54 Å². The molecule has 4 heteroatoms. The summed E-state index contributed by atoms with van der Waals surface area (Å²) in [5.74, 6) is 0. The van der Waals surface area contributed by atoms with Crippen molar-refractivity contribution in [1.29, 1.82) is 0 Å². The first-order valence-electron chi connectivity index (χ1n) is 6.10. The Balaban J connectivity index is 1.94. The maximum Gasteiger partial charge on any atom is 0.410 e. The lowest BCUT2D eigenvalue weighted by Gasteiger charge is -2.29. The number of amides is 1. The summed E-state index contributed by atoms with van der Waals surface area (Å²) in [7, 11) is 0. The third kappa shape index (κ3) is 2.53. The molecular weight excluding hydrogens is 230 g/mol. The van der Waals surface area contributed by atoms with Gasteiger partial charge in [-0.3, -0.25) is 4.90 Å². The van der Waals surface area contributed by atoms with Crippen LogP contribution >= 0.6 is 0 Å². The van der Waals surface area contributed by atoms with Crippen molar-refractivity contribution in [2.24, 2.45) is 0 Å². The van der Waals surface area contributed by atoms with Crippen LogP contribution in [0.5, 0.6) is 0 Å². The highest BCUT2D eigenvalue weighted by molar-refractivity contribution is 5.77. The standard InChI is InChI=1S/C14H17NO3/c1-14(11-16)8-5-9-15(14)13(17)18-10-12-6-3-2-4-7-12/h2-4,6-7,11H,5,8-10H2,1H3/t14-/m1/s1. The fourth-order valence-electron chi connectivity index (χ4n) is 2.21. The molecule has 0 radical (unpaired) electrons. The summed E-state index contributed by atoms with van der Waals surface area (Å²) < 4.78 is 5.24. The number of likely N-dealkylation sites (tertiary alicyclic amines) is 1. The van der Waals surface area contributed by atoms with E-state index in [9.17, 15) is 9.59 Å². The van der Waals surface area contributed by atoms with E-state index >= 15 is 0 Å². The van der Waals surface area contributed by atoms with Gasteiger partial charge in [0, 0.05) is 6.54 Å². The molecule has 96 valence electrons. The Morgan fingerprint density at radius 2 is 2.17 bits per heavy atom. The molecule has 0 spiro atoms. The minimum Gasteiger partial charge on any atom is -0.445 e. The first-order valence-corrected chi connectivity index (χ1v) is 6.10. The molecule has 1 aromatic carbocycles. The zero-order chi connectivity index (χ0) is 13.0. The first kappa shape index (κ1) is 12.6. The smallest absolute Gasteiger partial charge is 0.410 e. The van der Waals surface area contributed by atoms with Crippen LogP contribution in [0.15, 0.2) is 30.3 Å². The van der Waals surface area contributed by atoms with Gasteiger partial charge in [-0.2, -0.15) is 0 Å². The number of hydrogen-bond donors (Lipinski definition) is 0. The Hall–Kier alpha value is -1.84. The van der Waals surface area contributed by atoms with E-state index in [0.29, 0.717) is 13.0 Å². The third-order valence-electron chi connectivity index (χ3n) is 3.36. The summed E-state index contributed by atoms with van der Waals surface area (Å²) in [6.07, 6.45) is 1.97. The van der Waals surface area contributed by atoms with Gasteiger partial charge < -0.3 is 9.53 Å². The molecule has 1 aliphatic heterocycles. The van der Waals surface area contributed by atoms with E-state index in [4.69, 9.17) is 4.74 Å². The van der Waals surface area contributed by atoms with Crippen LogP contribution in [0.1, 0.15) is 25.3 Å². The fraction of sp³-hybridized carbons (Fsp3) is 0.429. The molecule has 4 nitrogen and oxygen atoms in total. The third-order valence-corrected chi connectivity index (χ3v) is 3.36. The number of nitrogens with zero attached hydrogens (tertiary/aromatic N) is 1. The average molecular weight is 247 g/mol. The summed E-state index contributed by atoms with van der Waals surface area (Å²) in [5.41, 5.74) is 0.242. The predicted octanol–water partition coefficient (Wildman–Crippen LogP) is 2.38. The largest absolute Gasteiger partial charge is 0.445 e. The van der Waals surface area contributed by atoms with Crippen LogP contribution in [0.2, 0.25) is 0 Å². The number of rotatable bonds is 3. The summed E-state index contributed by atoms with van der Waals surface area (Å²) in [6, 6.07) is 9.50. The van der Waals surface area contributed by atoms with Crippen molar-refractivity contribution < 1.29 is 14.3 Å².